The van der Waals surface area contributed by atoms with Crippen LogP contribution in [0.2, 0.25) is 0 Å². The number of benzene rings is 1. The van der Waals surface area contributed by atoms with Gasteiger partial charge in [-0.3, -0.25) is 0 Å². The summed E-state index contributed by atoms with van der Waals surface area (Å²) in [7, 11) is 2.13. The van der Waals surface area contributed by atoms with Crippen LogP contribution >= 0.6 is 0 Å². The van der Waals surface area contributed by atoms with E-state index in [1.165, 1.54) is 28.5 Å². The lowest BCUT2D eigenvalue weighted by Crippen LogP contribution is -1.92. The smallest absolute Gasteiger partial charge is 0.0480 e. The molecule has 1 nitrogen and oxygen atoms in total. The first-order chi connectivity index (χ1) is 7.08. The first-order valence-corrected chi connectivity index (χ1v) is 5.62. The Bertz CT molecular complexity index is 477. The molecule has 2 aromatic rings. The lowest BCUT2D eigenvalue weighted by Gasteiger charge is -2.02. The highest BCUT2D eigenvalue weighted by molar-refractivity contribution is 5.84. The van der Waals surface area contributed by atoms with Crippen molar-refractivity contribution in [1.82, 2.24) is 4.57 Å². The fraction of sp³-hybridized carbons (Fsp3) is 0.429. The predicted octanol–water partition coefficient (Wildman–Crippen LogP) is 3.69. The number of nitrogens with zero attached hydrogens (tertiary/aromatic N) is 1. The zero-order valence-electron chi connectivity index (χ0n) is 10.0. The molecular weight excluding hydrogens is 182 g/mol. The minimum absolute atomic E-state index is 0.719. The fourth-order valence-electron chi connectivity index (χ4n) is 2.19. The van der Waals surface area contributed by atoms with Gasteiger partial charge in [-0.05, 0) is 37.0 Å². The van der Waals surface area contributed by atoms with Crippen molar-refractivity contribution in [2.24, 2.45) is 13.0 Å². The Labute approximate surface area is 91.7 Å². The molecule has 80 valence electrons. The van der Waals surface area contributed by atoms with Gasteiger partial charge in [0.25, 0.3) is 0 Å². The molecule has 0 saturated heterocycles. The van der Waals surface area contributed by atoms with Crippen LogP contribution in [0.4, 0.5) is 0 Å². The molecule has 0 aliphatic heterocycles. The average Bonchev–Trinajstić information content (AvgIpc) is 2.42. The Morgan fingerprint density at radius 3 is 2.67 bits per heavy atom. The van der Waals surface area contributed by atoms with Crippen LogP contribution in [0.15, 0.2) is 24.4 Å². The molecule has 15 heavy (non-hydrogen) atoms. The second kappa shape index (κ2) is 3.73. The first kappa shape index (κ1) is 10.3. The highest BCUT2D eigenvalue weighted by atomic mass is 14.9. The summed E-state index contributed by atoms with van der Waals surface area (Å²) < 4.78 is 2.23. The summed E-state index contributed by atoms with van der Waals surface area (Å²) in [5.41, 5.74) is 4.17. The molecule has 1 heteroatoms. The Hall–Kier alpha value is -1.24. The number of hydrogen-bond donors (Lipinski definition) is 0. The van der Waals surface area contributed by atoms with Gasteiger partial charge in [-0.1, -0.05) is 25.5 Å². The van der Waals surface area contributed by atoms with Crippen molar-refractivity contribution in [2.75, 3.05) is 0 Å². The van der Waals surface area contributed by atoms with Crippen molar-refractivity contribution < 1.29 is 0 Å². The molecule has 0 N–H and O–H groups in total. The Balaban J connectivity index is 2.59. The van der Waals surface area contributed by atoms with E-state index < -0.39 is 0 Å². The lowest BCUT2D eigenvalue weighted by molar-refractivity contribution is 0.648. The van der Waals surface area contributed by atoms with Gasteiger partial charge in [-0.2, -0.15) is 0 Å². The quantitative estimate of drug-likeness (QED) is 0.698. The van der Waals surface area contributed by atoms with Gasteiger partial charge in [0.15, 0.2) is 0 Å². The van der Waals surface area contributed by atoms with E-state index in [-0.39, 0.29) is 0 Å². The number of aryl methyl sites for hydroxylation is 2. The van der Waals surface area contributed by atoms with Gasteiger partial charge in [0.05, 0.1) is 0 Å². The minimum Gasteiger partial charge on any atom is -0.350 e. The molecule has 2 rings (SSSR count). The van der Waals surface area contributed by atoms with Crippen molar-refractivity contribution in [3.63, 3.8) is 0 Å². The van der Waals surface area contributed by atoms with Gasteiger partial charge in [0, 0.05) is 24.1 Å². The van der Waals surface area contributed by atoms with Crippen LogP contribution in [0, 0.1) is 12.8 Å². The summed E-state index contributed by atoms with van der Waals surface area (Å²) in [5.74, 6) is 0.719. The summed E-state index contributed by atoms with van der Waals surface area (Å²) in [6.45, 7) is 6.70. The summed E-state index contributed by atoms with van der Waals surface area (Å²) >= 11 is 0. The molecule has 0 aliphatic carbocycles. The summed E-state index contributed by atoms with van der Waals surface area (Å²) in [5, 5.41) is 1.42. The number of aromatic nitrogens is 1. The molecule has 1 aromatic carbocycles. The van der Waals surface area contributed by atoms with Crippen LogP contribution in [-0.2, 0) is 13.5 Å². The van der Waals surface area contributed by atoms with Gasteiger partial charge < -0.3 is 4.57 Å². The van der Waals surface area contributed by atoms with E-state index in [1.807, 2.05) is 0 Å². The fourth-order valence-corrected chi connectivity index (χ4v) is 2.19. The Kier molecular flexibility index (Phi) is 2.56. The molecular formula is C14H19N. The normalized spacial score (nSPS) is 11.5. The van der Waals surface area contributed by atoms with Crippen LogP contribution in [0.1, 0.15) is 25.0 Å². The maximum Gasteiger partial charge on any atom is 0.0480 e. The third-order valence-electron chi connectivity index (χ3n) is 2.86. The molecule has 0 atom stereocenters. The second-order valence-electron chi connectivity index (χ2n) is 4.88. The molecule has 0 bridgehead atoms. The van der Waals surface area contributed by atoms with Crippen LogP contribution in [-0.4, -0.2) is 4.57 Å². The average molecular weight is 201 g/mol. The molecule has 0 radical (unpaired) electrons. The summed E-state index contributed by atoms with van der Waals surface area (Å²) in [6.07, 6.45) is 3.44. The third-order valence-corrected chi connectivity index (χ3v) is 2.86. The monoisotopic (exact) mass is 201 g/mol. The van der Waals surface area contributed by atoms with E-state index in [1.54, 1.807) is 0 Å². The molecule has 0 unspecified atom stereocenters. The van der Waals surface area contributed by atoms with Gasteiger partial charge in [-0.25, -0.2) is 0 Å². The molecule has 0 spiro atoms. The zero-order valence-corrected chi connectivity index (χ0v) is 10.0. The second-order valence-corrected chi connectivity index (χ2v) is 4.88. The van der Waals surface area contributed by atoms with Gasteiger partial charge in [0.2, 0.25) is 0 Å². The Morgan fingerprint density at radius 2 is 2.00 bits per heavy atom. The SMILES string of the molecule is Cc1ccc2c(c1)c(CC(C)C)cn2C. The number of hydrogen-bond acceptors (Lipinski definition) is 0. The van der Waals surface area contributed by atoms with Crippen LogP contribution in [0.25, 0.3) is 10.9 Å². The van der Waals surface area contributed by atoms with E-state index in [2.05, 4.69) is 56.8 Å². The van der Waals surface area contributed by atoms with E-state index in [0.29, 0.717) is 0 Å². The lowest BCUT2D eigenvalue weighted by atomic mass is 10.0. The first-order valence-electron chi connectivity index (χ1n) is 5.62. The van der Waals surface area contributed by atoms with E-state index in [0.717, 1.165) is 5.92 Å². The highest BCUT2D eigenvalue weighted by Gasteiger charge is 2.07. The molecule has 0 saturated carbocycles. The van der Waals surface area contributed by atoms with E-state index in [4.69, 9.17) is 0 Å². The van der Waals surface area contributed by atoms with Crippen molar-refractivity contribution in [3.8, 4) is 0 Å². The molecule has 0 amide bonds. The zero-order chi connectivity index (χ0) is 11.0. The van der Waals surface area contributed by atoms with Gasteiger partial charge in [-0.15, -0.1) is 0 Å². The molecule has 0 aliphatic rings. The molecule has 1 heterocycles. The van der Waals surface area contributed by atoms with Gasteiger partial charge in [0.1, 0.15) is 0 Å². The third kappa shape index (κ3) is 1.92. The van der Waals surface area contributed by atoms with Crippen molar-refractivity contribution in [3.05, 3.63) is 35.5 Å². The summed E-state index contributed by atoms with van der Waals surface area (Å²) in [6, 6.07) is 6.70. The molecule has 0 fully saturated rings. The van der Waals surface area contributed by atoms with E-state index >= 15 is 0 Å². The maximum absolute atomic E-state index is 2.30. The Morgan fingerprint density at radius 1 is 1.27 bits per heavy atom. The summed E-state index contributed by atoms with van der Waals surface area (Å²) in [4.78, 5) is 0. The van der Waals surface area contributed by atoms with E-state index in [9.17, 15) is 0 Å². The van der Waals surface area contributed by atoms with Crippen molar-refractivity contribution >= 4 is 10.9 Å². The van der Waals surface area contributed by atoms with Crippen molar-refractivity contribution in [2.45, 2.75) is 27.2 Å². The number of rotatable bonds is 2. The maximum atomic E-state index is 2.30. The minimum atomic E-state index is 0.719. The van der Waals surface area contributed by atoms with Crippen LogP contribution in [0.5, 0.6) is 0 Å². The highest BCUT2D eigenvalue weighted by Crippen LogP contribution is 2.24. The van der Waals surface area contributed by atoms with Crippen molar-refractivity contribution in [1.29, 1.82) is 0 Å². The standard InChI is InChI=1S/C14H19N/c1-10(2)7-12-9-15(4)14-6-5-11(3)8-13(12)14/h5-6,8-10H,7H2,1-4H3. The van der Waals surface area contributed by atoms with Crippen LogP contribution in [0.3, 0.4) is 0 Å². The number of fused-ring (bicyclic) bond motifs is 1. The topological polar surface area (TPSA) is 4.93 Å². The predicted molar refractivity (Wildman–Crippen MR) is 66.2 cm³/mol. The molecule has 1 aromatic heterocycles. The largest absolute Gasteiger partial charge is 0.350 e. The van der Waals surface area contributed by atoms with Crippen LogP contribution < -0.4 is 0 Å². The van der Waals surface area contributed by atoms with Gasteiger partial charge >= 0.3 is 0 Å².